The summed E-state index contributed by atoms with van der Waals surface area (Å²) in [6.07, 6.45) is 0. The van der Waals surface area contributed by atoms with Gasteiger partial charge in [-0.15, -0.1) is 0 Å². The predicted octanol–water partition coefficient (Wildman–Crippen LogP) is 3.86. The van der Waals surface area contributed by atoms with Gasteiger partial charge < -0.3 is 4.74 Å². The number of carbonyl (C=O) groups is 2. The Bertz CT molecular complexity index is 827. The highest BCUT2D eigenvalue weighted by Gasteiger charge is 2.38. The summed E-state index contributed by atoms with van der Waals surface area (Å²) in [5.41, 5.74) is 2.44. The maximum atomic E-state index is 12.8. The Morgan fingerprint density at radius 2 is 1.83 bits per heavy atom. The summed E-state index contributed by atoms with van der Waals surface area (Å²) in [4.78, 5) is 25.9. The summed E-state index contributed by atoms with van der Waals surface area (Å²) >= 11 is 3.42. The van der Waals surface area contributed by atoms with Gasteiger partial charge in [0, 0.05) is 22.5 Å². The normalized spacial score (nSPS) is 15.4. The van der Waals surface area contributed by atoms with Crippen molar-refractivity contribution in [3.8, 4) is 0 Å². The zero-order chi connectivity index (χ0) is 16.6. The number of fused-ring (bicyclic) bond motifs is 1. The molecular weight excluding hydrogens is 358 g/mol. The average molecular weight is 372 g/mol. The fourth-order valence-electron chi connectivity index (χ4n) is 2.73. The van der Waals surface area contributed by atoms with Crippen LogP contribution >= 0.6 is 15.9 Å². The summed E-state index contributed by atoms with van der Waals surface area (Å²) in [5, 5.41) is 0. The Morgan fingerprint density at radius 3 is 2.43 bits per heavy atom. The van der Waals surface area contributed by atoms with Gasteiger partial charge in [-0.25, -0.2) is 4.90 Å². The molecule has 2 aromatic rings. The number of imide groups is 1. The third kappa shape index (κ3) is 2.57. The molecule has 1 aliphatic rings. The average Bonchev–Trinajstić information content (AvgIpc) is 2.82. The van der Waals surface area contributed by atoms with Gasteiger partial charge in [0.1, 0.15) is 5.76 Å². The van der Waals surface area contributed by atoms with Crippen molar-refractivity contribution in [1.82, 2.24) is 0 Å². The molecule has 0 fully saturated rings. The van der Waals surface area contributed by atoms with Crippen molar-refractivity contribution >= 4 is 44.8 Å². The van der Waals surface area contributed by atoms with E-state index in [-0.39, 0.29) is 11.8 Å². The Balaban J connectivity index is 2.31. The number of hydrogen-bond acceptors (Lipinski definition) is 3. The molecule has 3 rings (SSSR count). The molecule has 0 aromatic heterocycles. The zero-order valence-electron chi connectivity index (χ0n) is 12.7. The molecule has 0 saturated heterocycles. The minimum atomic E-state index is -0.369. The van der Waals surface area contributed by atoms with Crippen LogP contribution in [0.5, 0.6) is 0 Å². The van der Waals surface area contributed by atoms with Crippen molar-refractivity contribution < 1.29 is 14.3 Å². The first-order chi connectivity index (χ1) is 11.0. The van der Waals surface area contributed by atoms with Crippen molar-refractivity contribution in [1.29, 1.82) is 0 Å². The first-order valence-corrected chi connectivity index (χ1v) is 7.82. The van der Waals surface area contributed by atoms with E-state index in [0.717, 1.165) is 10.0 Å². The lowest BCUT2D eigenvalue weighted by molar-refractivity contribution is -0.122. The lowest BCUT2D eigenvalue weighted by Gasteiger charge is -2.12. The molecule has 1 aliphatic heterocycles. The molecule has 4 nitrogen and oxygen atoms in total. The van der Waals surface area contributed by atoms with E-state index in [9.17, 15) is 9.59 Å². The molecule has 0 spiro atoms. The fraction of sp³-hybridized carbons (Fsp3) is 0.111. The van der Waals surface area contributed by atoms with Crippen molar-refractivity contribution in [2.75, 3.05) is 12.0 Å². The summed E-state index contributed by atoms with van der Waals surface area (Å²) in [6, 6.07) is 14.8. The zero-order valence-corrected chi connectivity index (χ0v) is 14.3. The van der Waals surface area contributed by atoms with Crippen molar-refractivity contribution in [2.45, 2.75) is 6.92 Å². The van der Waals surface area contributed by atoms with Crippen molar-refractivity contribution in [3.05, 3.63) is 64.1 Å². The number of carbonyl (C=O) groups excluding carboxylic acids is 2. The number of anilines is 1. The quantitative estimate of drug-likeness (QED) is 0.594. The van der Waals surface area contributed by atoms with E-state index >= 15 is 0 Å². The number of nitrogens with zero attached hydrogens (tertiary/aromatic N) is 1. The van der Waals surface area contributed by atoms with Crippen LogP contribution in [0.15, 0.2) is 53.0 Å². The minimum absolute atomic E-state index is 0.322. The molecule has 0 unspecified atom stereocenters. The number of rotatable bonds is 2. The second-order valence-corrected chi connectivity index (χ2v) is 6.01. The Morgan fingerprint density at radius 1 is 1.13 bits per heavy atom. The maximum Gasteiger partial charge on any atom is 0.269 e. The third-order valence-corrected chi connectivity index (χ3v) is 4.16. The molecule has 0 N–H and O–H groups in total. The van der Waals surface area contributed by atoms with E-state index in [4.69, 9.17) is 4.74 Å². The van der Waals surface area contributed by atoms with Crippen molar-refractivity contribution in [2.24, 2.45) is 0 Å². The lowest BCUT2D eigenvalue weighted by Crippen LogP contribution is -2.31. The highest BCUT2D eigenvalue weighted by atomic mass is 79.9. The number of methoxy groups -OCH3 is 1. The molecule has 0 radical (unpaired) electrons. The van der Waals surface area contributed by atoms with E-state index in [1.54, 1.807) is 12.1 Å². The summed E-state index contributed by atoms with van der Waals surface area (Å²) < 4.78 is 6.35. The molecule has 2 amide bonds. The first-order valence-electron chi connectivity index (χ1n) is 7.03. The topological polar surface area (TPSA) is 46.6 Å². The van der Waals surface area contributed by atoms with Gasteiger partial charge in [0.05, 0.1) is 18.4 Å². The molecule has 0 aliphatic carbocycles. The molecule has 116 valence electrons. The van der Waals surface area contributed by atoms with Gasteiger partial charge in [-0.05, 0) is 18.2 Å². The van der Waals surface area contributed by atoms with E-state index < -0.39 is 0 Å². The number of ether oxygens (including phenoxy) is 1. The Hall–Kier alpha value is -2.40. The van der Waals surface area contributed by atoms with E-state index in [2.05, 4.69) is 15.9 Å². The Labute approximate surface area is 142 Å². The van der Waals surface area contributed by atoms with E-state index in [1.165, 1.54) is 18.9 Å². The molecule has 0 bridgehead atoms. The largest absolute Gasteiger partial charge is 0.495 e. The second kappa shape index (κ2) is 6.01. The summed E-state index contributed by atoms with van der Waals surface area (Å²) in [5.74, 6) is -0.234. The molecule has 1 heterocycles. The number of halogens is 1. The van der Waals surface area contributed by atoms with Crippen LogP contribution in [0.4, 0.5) is 5.69 Å². The third-order valence-electron chi connectivity index (χ3n) is 3.67. The fourth-order valence-corrected chi connectivity index (χ4v) is 3.09. The molecule has 0 atom stereocenters. The number of benzene rings is 2. The molecular formula is C18H14BrNO3. The first kappa shape index (κ1) is 15.5. The number of hydrogen-bond donors (Lipinski definition) is 0. The van der Waals surface area contributed by atoms with Crippen LogP contribution < -0.4 is 4.90 Å². The molecule has 5 heteroatoms. The monoisotopic (exact) mass is 371 g/mol. The standard InChI is InChI=1S/C18H14BrNO3/c1-11(21)20-15-9-8-13(19)10-14(15)16(18(20)22)17(23-2)12-6-4-3-5-7-12/h3-10H,1-2H3/b17-16-. The van der Waals surface area contributed by atoms with Gasteiger partial charge in [-0.2, -0.15) is 0 Å². The predicted molar refractivity (Wildman–Crippen MR) is 92.6 cm³/mol. The lowest BCUT2D eigenvalue weighted by atomic mass is 10.0. The summed E-state index contributed by atoms with van der Waals surface area (Å²) in [7, 11) is 1.52. The van der Waals surface area contributed by atoms with Gasteiger partial charge in [-0.3, -0.25) is 9.59 Å². The van der Waals surface area contributed by atoms with Crippen LogP contribution in [-0.4, -0.2) is 18.9 Å². The highest BCUT2D eigenvalue weighted by molar-refractivity contribution is 9.10. The van der Waals surface area contributed by atoms with E-state index in [1.807, 2.05) is 36.4 Å². The van der Waals surface area contributed by atoms with Crippen LogP contribution in [0.2, 0.25) is 0 Å². The smallest absolute Gasteiger partial charge is 0.269 e. The van der Waals surface area contributed by atoms with Crippen LogP contribution in [0.25, 0.3) is 11.3 Å². The van der Waals surface area contributed by atoms with E-state index in [0.29, 0.717) is 22.6 Å². The van der Waals surface area contributed by atoms with Gasteiger partial charge in [0.2, 0.25) is 5.91 Å². The SMILES string of the molecule is CO/C(=C1\C(=O)N(C(C)=O)c2ccc(Br)cc21)c1ccccc1. The highest BCUT2D eigenvalue weighted by Crippen LogP contribution is 2.42. The maximum absolute atomic E-state index is 12.8. The Kier molecular flexibility index (Phi) is 4.05. The number of amides is 2. The second-order valence-electron chi connectivity index (χ2n) is 5.10. The molecule has 0 saturated carbocycles. The van der Waals surface area contributed by atoms with Crippen LogP contribution in [0, 0.1) is 0 Å². The van der Waals surface area contributed by atoms with Crippen LogP contribution in [0.3, 0.4) is 0 Å². The van der Waals surface area contributed by atoms with Gasteiger partial charge in [-0.1, -0.05) is 46.3 Å². The molecule has 2 aromatic carbocycles. The van der Waals surface area contributed by atoms with Gasteiger partial charge in [0.15, 0.2) is 0 Å². The van der Waals surface area contributed by atoms with Gasteiger partial charge in [0.25, 0.3) is 5.91 Å². The summed E-state index contributed by atoms with van der Waals surface area (Å²) in [6.45, 7) is 1.38. The van der Waals surface area contributed by atoms with Gasteiger partial charge >= 0.3 is 0 Å². The molecule has 23 heavy (non-hydrogen) atoms. The minimum Gasteiger partial charge on any atom is -0.495 e. The van der Waals surface area contributed by atoms with Crippen LogP contribution in [0.1, 0.15) is 18.1 Å². The van der Waals surface area contributed by atoms with Crippen molar-refractivity contribution in [3.63, 3.8) is 0 Å². The van der Waals surface area contributed by atoms with Crippen LogP contribution in [-0.2, 0) is 14.3 Å².